The van der Waals surface area contributed by atoms with Crippen LogP contribution in [-0.2, 0) is 4.74 Å². The molecule has 0 saturated heterocycles. The second-order valence-corrected chi connectivity index (χ2v) is 4.77. The quantitative estimate of drug-likeness (QED) is 0.734. The molecule has 0 aromatic carbocycles. The van der Waals surface area contributed by atoms with Gasteiger partial charge >= 0.3 is 6.09 Å². The van der Waals surface area contributed by atoms with Gasteiger partial charge in [0.25, 0.3) is 0 Å². The second kappa shape index (κ2) is 5.76. The van der Waals surface area contributed by atoms with Gasteiger partial charge in [0.2, 0.25) is 0 Å². The maximum atomic E-state index is 11.2. The number of hydrogen-bond donors (Lipinski definition) is 1. The summed E-state index contributed by atoms with van der Waals surface area (Å²) in [6.07, 6.45) is 1.63. The fourth-order valence-electron chi connectivity index (χ4n) is 0.715. The fraction of sp³-hybridized carbons (Fsp3) is 0.778. The van der Waals surface area contributed by atoms with Gasteiger partial charge in [-0.15, -0.1) is 11.8 Å². The topological polar surface area (TPSA) is 62.1 Å². The molecule has 1 amide bonds. The number of ether oxygens (including phenoxy) is 1. The first kappa shape index (κ1) is 13.1. The van der Waals surface area contributed by atoms with Gasteiger partial charge in [0.15, 0.2) is 0 Å². The predicted octanol–water partition coefficient (Wildman–Crippen LogP) is 2.11. The number of amides is 1. The summed E-state index contributed by atoms with van der Waals surface area (Å²) in [7, 11) is 0. The predicted molar refractivity (Wildman–Crippen MR) is 56.9 cm³/mol. The van der Waals surface area contributed by atoms with Crippen LogP contribution in [0.4, 0.5) is 4.79 Å². The van der Waals surface area contributed by atoms with E-state index in [1.54, 1.807) is 20.8 Å². The van der Waals surface area contributed by atoms with Gasteiger partial charge in [-0.05, 0) is 27.0 Å². The van der Waals surface area contributed by atoms with E-state index in [0.29, 0.717) is 0 Å². The molecule has 0 saturated carbocycles. The molecule has 0 spiro atoms. The van der Waals surface area contributed by atoms with Crippen molar-refractivity contribution in [2.45, 2.75) is 38.2 Å². The van der Waals surface area contributed by atoms with Crippen molar-refractivity contribution in [2.75, 3.05) is 6.26 Å². The third-order valence-electron chi connectivity index (χ3n) is 1.24. The first-order valence-electron chi connectivity index (χ1n) is 4.28. The molecule has 0 bridgehead atoms. The smallest absolute Gasteiger partial charge is 0.408 e. The van der Waals surface area contributed by atoms with Crippen molar-refractivity contribution in [2.24, 2.45) is 0 Å². The first-order chi connectivity index (χ1) is 6.39. The van der Waals surface area contributed by atoms with Gasteiger partial charge in [-0.1, -0.05) is 0 Å². The van der Waals surface area contributed by atoms with Gasteiger partial charge in [0.05, 0.1) is 17.9 Å². The summed E-state index contributed by atoms with van der Waals surface area (Å²) in [5.41, 5.74) is -0.500. The van der Waals surface area contributed by atoms with Gasteiger partial charge in [-0.25, -0.2) is 4.79 Å². The van der Waals surface area contributed by atoms with Crippen molar-refractivity contribution in [1.29, 1.82) is 5.26 Å². The number of hydrogen-bond acceptors (Lipinski definition) is 4. The summed E-state index contributed by atoms with van der Waals surface area (Å²) in [5.74, 6) is 0. The average Bonchev–Trinajstić information content (AvgIpc) is 2.00. The van der Waals surface area contributed by atoms with Crippen LogP contribution in [0.2, 0.25) is 0 Å². The molecular weight excluding hydrogens is 200 g/mol. The van der Waals surface area contributed by atoms with Crippen molar-refractivity contribution in [1.82, 2.24) is 5.32 Å². The molecule has 1 unspecified atom stereocenters. The minimum atomic E-state index is -0.500. The van der Waals surface area contributed by atoms with E-state index >= 15 is 0 Å². The molecule has 14 heavy (non-hydrogen) atoms. The molecule has 0 heterocycles. The molecule has 0 fully saturated rings. The number of carbonyl (C=O) groups is 1. The highest BCUT2D eigenvalue weighted by molar-refractivity contribution is 7.99. The van der Waals surface area contributed by atoms with Crippen LogP contribution in [0.5, 0.6) is 0 Å². The molecule has 0 aliphatic carbocycles. The number of nitrogens with zero attached hydrogens (tertiary/aromatic N) is 1. The van der Waals surface area contributed by atoms with E-state index in [4.69, 9.17) is 10.00 Å². The molecule has 0 aromatic heterocycles. The molecule has 0 radical (unpaired) electrons. The summed E-state index contributed by atoms with van der Waals surface area (Å²) >= 11 is 1.41. The van der Waals surface area contributed by atoms with Crippen molar-refractivity contribution >= 4 is 17.9 Å². The largest absolute Gasteiger partial charge is 0.444 e. The molecular formula is C9H16N2O2S. The fourth-order valence-corrected chi connectivity index (χ4v) is 1.17. The van der Waals surface area contributed by atoms with E-state index in [1.807, 2.05) is 12.3 Å². The number of nitrogens with one attached hydrogen (secondary N) is 1. The van der Waals surface area contributed by atoms with Gasteiger partial charge in [0.1, 0.15) is 5.60 Å². The van der Waals surface area contributed by atoms with Crippen molar-refractivity contribution in [3.05, 3.63) is 0 Å². The van der Waals surface area contributed by atoms with Crippen molar-refractivity contribution in [3.8, 4) is 6.07 Å². The Hall–Kier alpha value is -0.890. The van der Waals surface area contributed by atoms with E-state index in [1.165, 1.54) is 11.8 Å². The molecule has 0 rings (SSSR count). The lowest BCUT2D eigenvalue weighted by atomic mass is 10.2. The Morgan fingerprint density at radius 1 is 1.64 bits per heavy atom. The summed E-state index contributed by atoms with van der Waals surface area (Å²) in [5, 5.41) is 10.9. The van der Waals surface area contributed by atoms with Crippen LogP contribution in [0.1, 0.15) is 27.2 Å². The normalized spacial score (nSPS) is 12.8. The van der Waals surface area contributed by atoms with E-state index in [9.17, 15) is 4.79 Å². The molecule has 4 nitrogen and oxygen atoms in total. The zero-order chi connectivity index (χ0) is 11.2. The van der Waals surface area contributed by atoms with Gasteiger partial charge in [-0.3, -0.25) is 0 Å². The zero-order valence-corrected chi connectivity index (χ0v) is 9.77. The molecule has 1 atom stereocenters. The zero-order valence-electron chi connectivity index (χ0n) is 8.96. The summed E-state index contributed by atoms with van der Waals surface area (Å²) < 4.78 is 5.04. The van der Waals surface area contributed by atoms with Crippen LogP contribution < -0.4 is 5.32 Å². The summed E-state index contributed by atoms with van der Waals surface area (Å²) in [6, 6.07) is 2.00. The molecule has 5 heteroatoms. The van der Waals surface area contributed by atoms with Gasteiger partial charge < -0.3 is 10.1 Å². The highest BCUT2D eigenvalue weighted by Gasteiger charge is 2.18. The summed E-state index contributed by atoms with van der Waals surface area (Å²) in [4.78, 5) is 11.2. The highest BCUT2D eigenvalue weighted by atomic mass is 32.2. The molecule has 1 N–H and O–H groups in total. The van der Waals surface area contributed by atoms with Crippen LogP contribution in [0.15, 0.2) is 0 Å². The number of nitriles is 1. The van der Waals surface area contributed by atoms with Crippen molar-refractivity contribution in [3.63, 3.8) is 0 Å². The first-order valence-corrected chi connectivity index (χ1v) is 5.57. The third kappa shape index (κ3) is 6.61. The van der Waals surface area contributed by atoms with Crippen LogP contribution in [0.25, 0.3) is 0 Å². The van der Waals surface area contributed by atoms with Crippen LogP contribution >= 0.6 is 11.8 Å². The lowest BCUT2D eigenvalue weighted by Gasteiger charge is -2.21. The average molecular weight is 216 g/mol. The molecule has 0 aromatic rings. The Kier molecular flexibility index (Phi) is 5.39. The van der Waals surface area contributed by atoms with E-state index in [2.05, 4.69) is 5.32 Å². The van der Waals surface area contributed by atoms with E-state index < -0.39 is 11.7 Å². The minimum Gasteiger partial charge on any atom is -0.444 e. The highest BCUT2D eigenvalue weighted by Crippen LogP contribution is 2.10. The van der Waals surface area contributed by atoms with Crippen LogP contribution in [-0.4, -0.2) is 23.3 Å². The lowest BCUT2D eigenvalue weighted by Crippen LogP contribution is -2.37. The Balaban J connectivity index is 3.98. The lowest BCUT2D eigenvalue weighted by molar-refractivity contribution is 0.0523. The third-order valence-corrected chi connectivity index (χ3v) is 2.09. The standard InChI is InChI=1S/C9H16N2O2S/c1-9(2,3)13-8(12)11-7(14-4)5-6-10/h7H,5H2,1-4H3,(H,11,12). The summed E-state index contributed by atoms with van der Waals surface area (Å²) in [6.45, 7) is 5.39. The van der Waals surface area contributed by atoms with Gasteiger partial charge in [0, 0.05) is 0 Å². The maximum Gasteiger partial charge on any atom is 0.408 e. The Morgan fingerprint density at radius 3 is 2.57 bits per heavy atom. The number of alkyl carbamates (subject to hydrolysis) is 1. The monoisotopic (exact) mass is 216 g/mol. The second-order valence-electron chi connectivity index (χ2n) is 3.73. The van der Waals surface area contributed by atoms with E-state index in [0.717, 1.165) is 0 Å². The Morgan fingerprint density at radius 2 is 2.21 bits per heavy atom. The minimum absolute atomic E-state index is 0.199. The number of thioether (sulfide) groups is 1. The molecule has 80 valence electrons. The van der Waals surface area contributed by atoms with Crippen molar-refractivity contribution < 1.29 is 9.53 Å². The Labute approximate surface area is 89.0 Å². The van der Waals surface area contributed by atoms with E-state index in [-0.39, 0.29) is 11.8 Å². The molecule has 0 aliphatic rings. The SMILES string of the molecule is CSC(CC#N)NC(=O)OC(C)(C)C. The number of carbonyl (C=O) groups excluding carboxylic acids is 1. The molecule has 0 aliphatic heterocycles. The number of rotatable bonds is 3. The van der Waals surface area contributed by atoms with Crippen LogP contribution in [0.3, 0.4) is 0 Å². The maximum absolute atomic E-state index is 11.2. The van der Waals surface area contributed by atoms with Gasteiger partial charge in [-0.2, -0.15) is 5.26 Å². The Bertz CT molecular complexity index is 230. The van der Waals surface area contributed by atoms with Crippen LogP contribution in [0, 0.1) is 11.3 Å².